The predicted molar refractivity (Wildman–Crippen MR) is 93.7 cm³/mol. The van der Waals surface area contributed by atoms with Gasteiger partial charge in [0.05, 0.1) is 7.11 Å². The molecule has 0 aromatic heterocycles. The molecule has 25 heavy (non-hydrogen) atoms. The molecule has 3 aliphatic rings. The quantitative estimate of drug-likeness (QED) is 0.833. The normalized spacial score (nSPS) is 35.0. The molecule has 132 valence electrons. The van der Waals surface area contributed by atoms with Crippen LogP contribution in [0.4, 0.5) is 0 Å². The molecule has 1 aromatic rings. The van der Waals surface area contributed by atoms with Gasteiger partial charge in [-0.15, -0.1) is 0 Å². The van der Waals surface area contributed by atoms with Crippen molar-refractivity contribution in [2.75, 3.05) is 7.11 Å². The van der Waals surface area contributed by atoms with E-state index in [4.69, 9.17) is 9.84 Å². The number of fused-ring (bicyclic) bond motifs is 5. The molecule has 4 rings (SSSR count). The first-order valence-electron chi connectivity index (χ1n) is 9.09. The number of carboxylic acids is 1. The summed E-state index contributed by atoms with van der Waals surface area (Å²) < 4.78 is 5.36. The Bertz CT molecular complexity index is 778. The van der Waals surface area contributed by atoms with Crippen LogP contribution in [0, 0.1) is 17.3 Å². The monoisotopic (exact) mass is 340 g/mol. The van der Waals surface area contributed by atoms with Crippen molar-refractivity contribution in [1.29, 1.82) is 0 Å². The van der Waals surface area contributed by atoms with Crippen LogP contribution in [0.1, 0.15) is 49.7 Å². The number of ketones is 1. The van der Waals surface area contributed by atoms with Gasteiger partial charge in [-0.25, -0.2) is 4.79 Å². The molecule has 4 unspecified atom stereocenters. The summed E-state index contributed by atoms with van der Waals surface area (Å²) in [5.74, 6) is 1.16. The van der Waals surface area contributed by atoms with E-state index in [9.17, 15) is 9.59 Å². The number of rotatable bonds is 2. The van der Waals surface area contributed by atoms with Gasteiger partial charge in [0.25, 0.3) is 0 Å². The van der Waals surface area contributed by atoms with E-state index in [-0.39, 0.29) is 17.1 Å². The van der Waals surface area contributed by atoms with Crippen LogP contribution in [0.2, 0.25) is 0 Å². The van der Waals surface area contributed by atoms with Crippen molar-refractivity contribution in [3.8, 4) is 5.75 Å². The van der Waals surface area contributed by atoms with Gasteiger partial charge in [-0.05, 0) is 73.1 Å². The maximum Gasteiger partial charge on any atom is 0.328 e. The molecule has 1 aromatic carbocycles. The lowest BCUT2D eigenvalue weighted by Gasteiger charge is -2.48. The lowest BCUT2D eigenvalue weighted by Crippen LogP contribution is -2.42. The average Bonchev–Trinajstić information content (AvgIpc) is 2.85. The van der Waals surface area contributed by atoms with Crippen LogP contribution in [0.25, 0.3) is 0 Å². The molecule has 0 bridgehead atoms. The zero-order valence-corrected chi connectivity index (χ0v) is 14.7. The molecule has 2 saturated carbocycles. The summed E-state index contributed by atoms with van der Waals surface area (Å²) in [6.07, 6.45) is 5.69. The maximum atomic E-state index is 12.9. The maximum absolute atomic E-state index is 12.9. The van der Waals surface area contributed by atoms with Gasteiger partial charge in [-0.2, -0.15) is 0 Å². The highest BCUT2D eigenvalue weighted by Gasteiger charge is 2.56. The van der Waals surface area contributed by atoms with Crippen LogP contribution in [-0.2, 0) is 16.0 Å². The third-order valence-electron chi connectivity index (χ3n) is 6.87. The summed E-state index contributed by atoms with van der Waals surface area (Å²) in [6, 6.07) is 6.37. The van der Waals surface area contributed by atoms with Crippen molar-refractivity contribution < 1.29 is 19.4 Å². The fourth-order valence-corrected chi connectivity index (χ4v) is 5.63. The molecule has 1 N–H and O–H groups in total. The molecule has 0 amide bonds. The minimum atomic E-state index is -1.01. The van der Waals surface area contributed by atoms with Gasteiger partial charge in [0.1, 0.15) is 5.75 Å². The molecule has 0 saturated heterocycles. The first-order chi connectivity index (χ1) is 11.9. The molecule has 2 fully saturated rings. The van der Waals surface area contributed by atoms with Crippen molar-refractivity contribution in [1.82, 2.24) is 0 Å². The molecular weight excluding hydrogens is 316 g/mol. The summed E-state index contributed by atoms with van der Waals surface area (Å²) >= 11 is 0. The third-order valence-corrected chi connectivity index (χ3v) is 6.87. The van der Waals surface area contributed by atoms with Crippen LogP contribution in [0.15, 0.2) is 29.8 Å². The summed E-state index contributed by atoms with van der Waals surface area (Å²) in [6.45, 7) is 2.06. The van der Waals surface area contributed by atoms with Crippen molar-refractivity contribution in [2.45, 2.75) is 44.9 Å². The predicted octanol–water partition coefficient (Wildman–Crippen LogP) is 3.74. The van der Waals surface area contributed by atoms with Crippen LogP contribution >= 0.6 is 0 Å². The van der Waals surface area contributed by atoms with E-state index in [0.717, 1.165) is 37.5 Å². The van der Waals surface area contributed by atoms with Gasteiger partial charge < -0.3 is 9.84 Å². The van der Waals surface area contributed by atoms with Gasteiger partial charge >= 0.3 is 5.97 Å². The van der Waals surface area contributed by atoms with Gasteiger partial charge in [-0.3, -0.25) is 4.79 Å². The lowest BCUT2D eigenvalue weighted by atomic mass is 9.55. The van der Waals surface area contributed by atoms with Crippen LogP contribution < -0.4 is 4.74 Å². The molecular formula is C21H24O4. The molecule has 0 heterocycles. The molecule has 4 heteroatoms. The number of ether oxygens (including phenoxy) is 1. The molecule has 4 atom stereocenters. The van der Waals surface area contributed by atoms with Crippen LogP contribution in [0.3, 0.4) is 0 Å². The van der Waals surface area contributed by atoms with Crippen LogP contribution in [-0.4, -0.2) is 24.0 Å². The van der Waals surface area contributed by atoms with E-state index >= 15 is 0 Å². The van der Waals surface area contributed by atoms with Gasteiger partial charge in [0, 0.05) is 17.1 Å². The van der Waals surface area contributed by atoms with E-state index in [1.165, 1.54) is 11.1 Å². The summed E-state index contributed by atoms with van der Waals surface area (Å²) in [7, 11) is 1.69. The standard InChI is InChI=1S/C21H24O4/c1-21-8-7-16-15-6-4-14(25-2)9-12(15)3-5-17(16)18(21)10-13(20(21)24)11-19(22)23/h4,6,9,11,16-18H,3,5,7-8,10H2,1-2H3,(H,22,23)/b13-11+. The number of Topliss-reactive ketones (excluding diaryl/α,β-unsaturated/α-hetero) is 1. The molecule has 3 aliphatic carbocycles. The van der Waals surface area contributed by atoms with Gasteiger partial charge in [0.15, 0.2) is 5.78 Å². The first-order valence-corrected chi connectivity index (χ1v) is 9.09. The highest BCUT2D eigenvalue weighted by molar-refractivity contribution is 6.06. The molecule has 0 radical (unpaired) electrons. The molecule has 0 aliphatic heterocycles. The van der Waals surface area contributed by atoms with E-state index in [1.54, 1.807) is 7.11 Å². The second-order valence-corrected chi connectivity index (χ2v) is 7.98. The number of carbonyl (C=O) groups is 2. The highest BCUT2D eigenvalue weighted by atomic mass is 16.5. The van der Waals surface area contributed by atoms with Crippen molar-refractivity contribution in [2.24, 2.45) is 17.3 Å². The summed E-state index contributed by atoms with van der Waals surface area (Å²) in [4.78, 5) is 23.9. The van der Waals surface area contributed by atoms with Crippen molar-refractivity contribution in [3.63, 3.8) is 0 Å². The van der Waals surface area contributed by atoms with Crippen molar-refractivity contribution >= 4 is 11.8 Å². The number of hydrogen-bond donors (Lipinski definition) is 1. The van der Waals surface area contributed by atoms with E-state index in [0.29, 0.717) is 23.8 Å². The second kappa shape index (κ2) is 5.72. The molecule has 4 nitrogen and oxygen atoms in total. The highest BCUT2D eigenvalue weighted by Crippen LogP contribution is 2.60. The Balaban J connectivity index is 1.69. The fourth-order valence-electron chi connectivity index (χ4n) is 5.63. The van der Waals surface area contributed by atoms with Crippen LogP contribution in [0.5, 0.6) is 5.75 Å². The Morgan fingerprint density at radius 3 is 2.88 bits per heavy atom. The number of carbonyl (C=O) groups excluding carboxylic acids is 1. The molecule has 0 spiro atoms. The Hall–Kier alpha value is -2.10. The van der Waals surface area contributed by atoms with E-state index < -0.39 is 5.97 Å². The zero-order chi connectivity index (χ0) is 17.8. The van der Waals surface area contributed by atoms with Gasteiger partial charge in [-0.1, -0.05) is 13.0 Å². The number of carboxylic acid groups (broad SMARTS) is 1. The average molecular weight is 340 g/mol. The van der Waals surface area contributed by atoms with Gasteiger partial charge in [0.2, 0.25) is 0 Å². The Morgan fingerprint density at radius 1 is 1.36 bits per heavy atom. The number of aliphatic carboxylic acids is 1. The Kier molecular flexibility index (Phi) is 3.75. The largest absolute Gasteiger partial charge is 0.497 e. The number of allylic oxidation sites excluding steroid dienone is 1. The lowest BCUT2D eigenvalue weighted by molar-refractivity contribution is -0.132. The Labute approximate surface area is 147 Å². The number of aryl methyl sites for hydroxylation is 1. The minimum Gasteiger partial charge on any atom is -0.497 e. The third kappa shape index (κ3) is 2.42. The second-order valence-electron chi connectivity index (χ2n) is 7.98. The topological polar surface area (TPSA) is 63.6 Å². The number of benzene rings is 1. The minimum absolute atomic E-state index is 0.0684. The fraction of sp³-hybridized carbons (Fsp3) is 0.524. The number of hydrogen-bond acceptors (Lipinski definition) is 3. The Morgan fingerprint density at radius 2 is 2.16 bits per heavy atom. The van der Waals surface area contributed by atoms with Crippen molar-refractivity contribution in [3.05, 3.63) is 41.0 Å². The number of methoxy groups -OCH3 is 1. The SMILES string of the molecule is COc1ccc2c(c1)CCC1C2CCC2(C)C(=O)/C(=C/C(=O)O)CC12. The summed E-state index contributed by atoms with van der Waals surface area (Å²) in [5, 5.41) is 9.08. The van der Waals surface area contributed by atoms with E-state index in [1.807, 2.05) is 6.07 Å². The smallest absolute Gasteiger partial charge is 0.328 e. The zero-order valence-electron chi connectivity index (χ0n) is 14.7. The first kappa shape index (κ1) is 16.4. The summed E-state index contributed by atoms with van der Waals surface area (Å²) in [5.41, 5.74) is 2.91. The van der Waals surface area contributed by atoms with E-state index in [2.05, 4.69) is 19.1 Å².